The Labute approximate surface area is 223 Å². The Morgan fingerprint density at radius 2 is 1.69 bits per heavy atom. The highest BCUT2D eigenvalue weighted by atomic mass is 32.2. The number of hydrogen-bond donors (Lipinski definition) is 2. The fourth-order valence-electron chi connectivity index (χ4n) is 4.94. The second-order valence-corrected chi connectivity index (χ2v) is 11.5. The molecule has 39 heavy (non-hydrogen) atoms. The van der Waals surface area contributed by atoms with Crippen molar-refractivity contribution in [2.45, 2.75) is 31.3 Å². The van der Waals surface area contributed by atoms with Crippen LogP contribution in [0.1, 0.15) is 18.9 Å². The van der Waals surface area contributed by atoms with Gasteiger partial charge in [0.05, 0.1) is 4.90 Å². The SMILES string of the molecule is CCCn1c(=O)[nH]c2nc(-c3ccc(S(=O)(=O)N4CCN(Cc5ccc6c(c5)OCO6)CC4)cc3)[nH]c2c1=O. The van der Waals surface area contributed by atoms with Gasteiger partial charge in [-0.25, -0.2) is 18.2 Å². The molecular weight excluding hydrogens is 524 g/mol. The molecule has 0 unspecified atom stereocenters. The fourth-order valence-corrected chi connectivity index (χ4v) is 6.36. The van der Waals surface area contributed by atoms with Crippen molar-refractivity contribution >= 4 is 21.2 Å². The first-order valence-corrected chi connectivity index (χ1v) is 14.2. The summed E-state index contributed by atoms with van der Waals surface area (Å²) in [6.45, 7) is 5.10. The molecule has 4 aromatic rings. The van der Waals surface area contributed by atoms with Crippen molar-refractivity contribution in [1.29, 1.82) is 0 Å². The second-order valence-electron chi connectivity index (χ2n) is 9.59. The third-order valence-electron chi connectivity index (χ3n) is 7.02. The molecule has 0 atom stereocenters. The quantitative estimate of drug-likeness (QED) is 0.353. The molecule has 0 saturated carbocycles. The zero-order chi connectivity index (χ0) is 27.1. The van der Waals surface area contributed by atoms with E-state index in [0.717, 1.165) is 21.6 Å². The van der Waals surface area contributed by atoms with E-state index in [4.69, 9.17) is 9.47 Å². The zero-order valence-corrected chi connectivity index (χ0v) is 22.2. The van der Waals surface area contributed by atoms with E-state index in [1.165, 1.54) is 16.4 Å². The van der Waals surface area contributed by atoms with E-state index in [1.54, 1.807) is 12.1 Å². The van der Waals surface area contributed by atoms with Crippen LogP contribution in [0.3, 0.4) is 0 Å². The van der Waals surface area contributed by atoms with Crippen LogP contribution in [-0.4, -0.2) is 70.1 Å². The van der Waals surface area contributed by atoms with Gasteiger partial charge in [-0.2, -0.15) is 4.31 Å². The van der Waals surface area contributed by atoms with Gasteiger partial charge in [0.1, 0.15) is 11.3 Å². The number of imidazole rings is 1. The number of aromatic amines is 2. The Hall–Kier alpha value is -3.94. The maximum atomic E-state index is 13.3. The number of rotatable bonds is 7. The Morgan fingerprint density at radius 3 is 2.44 bits per heavy atom. The van der Waals surface area contributed by atoms with Crippen molar-refractivity contribution in [2.24, 2.45) is 0 Å². The maximum Gasteiger partial charge on any atom is 0.330 e. The predicted molar refractivity (Wildman–Crippen MR) is 143 cm³/mol. The number of sulfonamides is 1. The van der Waals surface area contributed by atoms with E-state index in [0.29, 0.717) is 57.1 Å². The van der Waals surface area contributed by atoms with Crippen LogP contribution in [-0.2, 0) is 23.1 Å². The largest absolute Gasteiger partial charge is 0.454 e. The molecule has 0 aliphatic carbocycles. The smallest absolute Gasteiger partial charge is 0.330 e. The van der Waals surface area contributed by atoms with Crippen molar-refractivity contribution < 1.29 is 17.9 Å². The zero-order valence-electron chi connectivity index (χ0n) is 21.3. The van der Waals surface area contributed by atoms with Crippen LogP contribution >= 0.6 is 0 Å². The number of nitrogens with zero attached hydrogens (tertiary/aromatic N) is 4. The molecular formula is C26H28N6O6S. The molecule has 2 aromatic carbocycles. The summed E-state index contributed by atoms with van der Waals surface area (Å²) in [5.41, 5.74) is 1.11. The summed E-state index contributed by atoms with van der Waals surface area (Å²) < 4.78 is 40.1. The van der Waals surface area contributed by atoms with Crippen LogP contribution < -0.4 is 20.7 Å². The maximum absolute atomic E-state index is 13.3. The Balaban J connectivity index is 1.14. The van der Waals surface area contributed by atoms with Gasteiger partial charge in [0.15, 0.2) is 17.1 Å². The standard InChI is InChI=1S/C26H28N6O6S/c1-2-9-32-25(33)22-24(29-26(32)34)28-23(27-22)18-4-6-19(7-5-18)39(35,36)31-12-10-30(11-13-31)15-17-3-8-20-21(14-17)38-16-37-20/h3-8,14H,2,9-13,15-16H2,1H3,(H,27,28)(H,29,34). The lowest BCUT2D eigenvalue weighted by Gasteiger charge is -2.34. The molecule has 204 valence electrons. The molecule has 12 nitrogen and oxygen atoms in total. The van der Waals surface area contributed by atoms with Crippen molar-refractivity contribution in [3.05, 3.63) is 68.9 Å². The Bertz CT molecular complexity index is 1750. The van der Waals surface area contributed by atoms with Gasteiger partial charge in [-0.1, -0.05) is 13.0 Å². The van der Waals surface area contributed by atoms with Gasteiger partial charge in [-0.3, -0.25) is 19.2 Å². The molecule has 0 amide bonds. The summed E-state index contributed by atoms with van der Waals surface area (Å²) >= 11 is 0. The molecule has 2 aliphatic heterocycles. The van der Waals surface area contributed by atoms with Gasteiger partial charge >= 0.3 is 5.69 Å². The number of ether oxygens (including phenoxy) is 2. The molecule has 0 bridgehead atoms. The van der Waals surface area contributed by atoms with Gasteiger partial charge in [0.25, 0.3) is 5.56 Å². The second kappa shape index (κ2) is 9.98. The van der Waals surface area contributed by atoms with Crippen LogP contribution in [0.4, 0.5) is 0 Å². The van der Waals surface area contributed by atoms with Gasteiger partial charge in [0, 0.05) is 44.8 Å². The molecule has 6 rings (SSSR count). The third kappa shape index (κ3) is 4.73. The number of aromatic nitrogens is 4. The first-order chi connectivity index (χ1) is 18.8. The highest BCUT2D eigenvalue weighted by Crippen LogP contribution is 2.33. The summed E-state index contributed by atoms with van der Waals surface area (Å²) in [7, 11) is -3.68. The van der Waals surface area contributed by atoms with E-state index in [2.05, 4.69) is 19.9 Å². The number of hydrogen-bond acceptors (Lipinski definition) is 8. The Kier molecular flexibility index (Phi) is 6.49. The molecule has 4 heterocycles. The summed E-state index contributed by atoms with van der Waals surface area (Å²) in [5, 5.41) is 0. The van der Waals surface area contributed by atoms with Crippen molar-refractivity contribution in [3.8, 4) is 22.9 Å². The average Bonchev–Trinajstić information content (AvgIpc) is 3.58. The third-order valence-corrected chi connectivity index (χ3v) is 8.93. The lowest BCUT2D eigenvalue weighted by atomic mass is 10.2. The normalized spacial score (nSPS) is 16.2. The van der Waals surface area contributed by atoms with Crippen molar-refractivity contribution in [2.75, 3.05) is 33.0 Å². The number of benzene rings is 2. The summed E-state index contributed by atoms with van der Waals surface area (Å²) in [5.74, 6) is 1.85. The van der Waals surface area contributed by atoms with Gasteiger partial charge in [0.2, 0.25) is 16.8 Å². The molecule has 1 saturated heterocycles. The van der Waals surface area contributed by atoms with Crippen LogP contribution in [0, 0.1) is 0 Å². The number of fused-ring (bicyclic) bond motifs is 2. The van der Waals surface area contributed by atoms with E-state index < -0.39 is 21.3 Å². The molecule has 2 N–H and O–H groups in total. The number of nitrogens with one attached hydrogen (secondary N) is 2. The van der Waals surface area contributed by atoms with Gasteiger partial charge < -0.3 is 14.5 Å². The van der Waals surface area contributed by atoms with E-state index in [-0.39, 0.29) is 22.9 Å². The minimum atomic E-state index is -3.68. The Morgan fingerprint density at radius 1 is 0.949 bits per heavy atom. The summed E-state index contributed by atoms with van der Waals surface area (Å²) in [6, 6.07) is 12.2. The van der Waals surface area contributed by atoms with E-state index in [1.807, 2.05) is 25.1 Å². The molecule has 1 fully saturated rings. The minimum absolute atomic E-state index is 0.169. The number of piperazine rings is 1. The minimum Gasteiger partial charge on any atom is -0.454 e. The lowest BCUT2D eigenvalue weighted by Crippen LogP contribution is -2.48. The lowest BCUT2D eigenvalue weighted by molar-refractivity contribution is 0.173. The van der Waals surface area contributed by atoms with Crippen LogP contribution in [0.5, 0.6) is 11.5 Å². The average molecular weight is 553 g/mol. The monoisotopic (exact) mass is 552 g/mol. The first kappa shape index (κ1) is 25.3. The van der Waals surface area contributed by atoms with Gasteiger partial charge in [-0.15, -0.1) is 0 Å². The van der Waals surface area contributed by atoms with E-state index >= 15 is 0 Å². The van der Waals surface area contributed by atoms with E-state index in [9.17, 15) is 18.0 Å². The highest BCUT2D eigenvalue weighted by Gasteiger charge is 2.29. The molecule has 2 aliphatic rings. The fraction of sp³-hybridized carbons (Fsp3) is 0.346. The van der Waals surface area contributed by atoms with Crippen molar-refractivity contribution in [3.63, 3.8) is 0 Å². The number of H-pyrrole nitrogens is 2. The summed E-state index contributed by atoms with van der Waals surface area (Å²) in [6.07, 6.45) is 0.639. The summed E-state index contributed by atoms with van der Waals surface area (Å²) in [4.78, 5) is 37.3. The van der Waals surface area contributed by atoms with Crippen LogP contribution in [0.15, 0.2) is 56.9 Å². The van der Waals surface area contributed by atoms with Gasteiger partial charge in [-0.05, 0) is 48.4 Å². The van der Waals surface area contributed by atoms with Crippen LogP contribution in [0.2, 0.25) is 0 Å². The highest BCUT2D eigenvalue weighted by molar-refractivity contribution is 7.89. The predicted octanol–water partition coefficient (Wildman–Crippen LogP) is 1.73. The topological polar surface area (TPSA) is 143 Å². The first-order valence-electron chi connectivity index (χ1n) is 12.8. The van der Waals surface area contributed by atoms with Crippen LogP contribution in [0.25, 0.3) is 22.6 Å². The molecule has 2 aromatic heterocycles. The molecule has 0 radical (unpaired) electrons. The molecule has 13 heteroatoms. The van der Waals surface area contributed by atoms with Crippen molar-refractivity contribution in [1.82, 2.24) is 28.7 Å². The molecule has 0 spiro atoms.